The second-order valence-corrected chi connectivity index (χ2v) is 5.53. The van der Waals surface area contributed by atoms with E-state index in [2.05, 4.69) is 10.6 Å². The number of rotatable bonds is 6. The SMILES string of the molecule is CNC(=O)c1cccc(NC(=O)/C=C/c2cc(OC)cc(OC)c2)c1C. The number of ether oxygens (including phenoxy) is 2. The highest BCUT2D eigenvalue weighted by Crippen LogP contribution is 2.23. The quantitative estimate of drug-likeness (QED) is 0.782. The summed E-state index contributed by atoms with van der Waals surface area (Å²) in [5.74, 6) is 0.777. The topological polar surface area (TPSA) is 76.7 Å². The Bertz CT molecular complexity index is 821. The van der Waals surface area contributed by atoms with E-state index in [-0.39, 0.29) is 11.8 Å². The van der Waals surface area contributed by atoms with Gasteiger partial charge in [0.25, 0.3) is 5.91 Å². The lowest BCUT2D eigenvalue weighted by Crippen LogP contribution is -2.20. The zero-order chi connectivity index (χ0) is 19.1. The molecule has 2 N–H and O–H groups in total. The van der Waals surface area contributed by atoms with E-state index >= 15 is 0 Å². The fourth-order valence-electron chi connectivity index (χ4n) is 2.42. The average molecular weight is 354 g/mol. The molecule has 2 aromatic rings. The van der Waals surface area contributed by atoms with E-state index in [4.69, 9.17) is 9.47 Å². The van der Waals surface area contributed by atoms with Crippen molar-refractivity contribution in [3.63, 3.8) is 0 Å². The van der Waals surface area contributed by atoms with E-state index < -0.39 is 0 Å². The number of hydrogen-bond acceptors (Lipinski definition) is 4. The van der Waals surface area contributed by atoms with E-state index in [1.54, 1.807) is 70.7 Å². The van der Waals surface area contributed by atoms with Gasteiger partial charge in [-0.1, -0.05) is 6.07 Å². The van der Waals surface area contributed by atoms with Crippen molar-refractivity contribution in [1.29, 1.82) is 0 Å². The molecule has 2 aromatic carbocycles. The van der Waals surface area contributed by atoms with Gasteiger partial charge in [-0.2, -0.15) is 0 Å². The lowest BCUT2D eigenvalue weighted by molar-refractivity contribution is -0.111. The van der Waals surface area contributed by atoms with E-state index in [9.17, 15) is 9.59 Å². The second kappa shape index (κ2) is 8.71. The van der Waals surface area contributed by atoms with Crippen LogP contribution in [0, 0.1) is 6.92 Å². The van der Waals surface area contributed by atoms with Crippen molar-refractivity contribution in [3.8, 4) is 11.5 Å². The molecule has 0 heterocycles. The summed E-state index contributed by atoms with van der Waals surface area (Å²) < 4.78 is 10.4. The molecule has 6 heteroatoms. The van der Waals surface area contributed by atoms with Gasteiger partial charge in [0.15, 0.2) is 0 Å². The van der Waals surface area contributed by atoms with Crippen molar-refractivity contribution in [3.05, 3.63) is 59.2 Å². The standard InChI is InChI=1S/C20H22N2O4/c1-13-17(20(24)21-2)6-5-7-18(13)22-19(23)9-8-14-10-15(25-3)12-16(11-14)26-4/h5-12H,1-4H3,(H,21,24)(H,22,23)/b9-8+. The number of hydrogen-bond donors (Lipinski definition) is 2. The molecule has 0 aliphatic carbocycles. The molecule has 2 rings (SSSR count). The van der Waals surface area contributed by atoms with Gasteiger partial charge in [0, 0.05) is 30.4 Å². The van der Waals surface area contributed by atoms with Gasteiger partial charge in [-0.05, 0) is 48.4 Å². The Morgan fingerprint density at radius 1 is 1.04 bits per heavy atom. The third-order valence-electron chi connectivity index (χ3n) is 3.86. The molecule has 0 unspecified atom stereocenters. The monoisotopic (exact) mass is 354 g/mol. The predicted molar refractivity (Wildman–Crippen MR) is 102 cm³/mol. The fourth-order valence-corrected chi connectivity index (χ4v) is 2.42. The first kappa shape index (κ1) is 19.1. The zero-order valence-electron chi connectivity index (χ0n) is 15.3. The van der Waals surface area contributed by atoms with E-state index in [1.807, 2.05) is 0 Å². The number of carbonyl (C=O) groups excluding carboxylic acids is 2. The Morgan fingerprint density at radius 2 is 1.69 bits per heavy atom. The Balaban J connectivity index is 2.17. The summed E-state index contributed by atoms with van der Waals surface area (Å²) in [5, 5.41) is 5.37. The van der Waals surface area contributed by atoms with Crippen LogP contribution < -0.4 is 20.1 Å². The van der Waals surface area contributed by atoms with E-state index in [0.717, 1.165) is 5.56 Å². The third kappa shape index (κ3) is 4.63. The summed E-state index contributed by atoms with van der Waals surface area (Å²) >= 11 is 0. The molecule has 0 spiro atoms. The minimum absolute atomic E-state index is 0.197. The molecule has 0 bridgehead atoms. The predicted octanol–water partition coefficient (Wildman–Crippen LogP) is 3.02. The van der Waals surface area contributed by atoms with Crippen LogP contribution in [-0.4, -0.2) is 33.1 Å². The smallest absolute Gasteiger partial charge is 0.251 e. The molecule has 0 saturated heterocycles. The maximum Gasteiger partial charge on any atom is 0.251 e. The molecule has 26 heavy (non-hydrogen) atoms. The van der Waals surface area contributed by atoms with Crippen LogP contribution in [0.1, 0.15) is 21.5 Å². The van der Waals surface area contributed by atoms with Gasteiger partial charge < -0.3 is 20.1 Å². The molecular formula is C20H22N2O4. The number of amides is 2. The molecule has 0 saturated carbocycles. The molecule has 136 valence electrons. The summed E-state index contributed by atoms with van der Waals surface area (Å²) in [6, 6.07) is 10.5. The van der Waals surface area contributed by atoms with Crippen molar-refractivity contribution < 1.29 is 19.1 Å². The average Bonchev–Trinajstić information content (AvgIpc) is 2.67. The first-order valence-electron chi connectivity index (χ1n) is 8.02. The zero-order valence-corrected chi connectivity index (χ0v) is 15.3. The van der Waals surface area contributed by atoms with Gasteiger partial charge in [-0.25, -0.2) is 0 Å². The van der Waals surface area contributed by atoms with Crippen LogP contribution >= 0.6 is 0 Å². The van der Waals surface area contributed by atoms with Gasteiger partial charge in [0.2, 0.25) is 5.91 Å². The molecule has 0 radical (unpaired) electrons. The molecule has 0 aliphatic rings. The largest absolute Gasteiger partial charge is 0.497 e. The second-order valence-electron chi connectivity index (χ2n) is 5.53. The molecule has 0 aromatic heterocycles. The van der Waals surface area contributed by atoms with Gasteiger partial charge in [0.05, 0.1) is 14.2 Å². The van der Waals surface area contributed by atoms with Crippen molar-refractivity contribution in [2.75, 3.05) is 26.6 Å². The maximum atomic E-state index is 12.2. The van der Waals surface area contributed by atoms with E-state index in [1.165, 1.54) is 6.08 Å². The van der Waals surface area contributed by atoms with Crippen molar-refractivity contribution in [2.45, 2.75) is 6.92 Å². The first-order chi connectivity index (χ1) is 12.5. The van der Waals surface area contributed by atoms with Crippen molar-refractivity contribution in [2.24, 2.45) is 0 Å². The fraction of sp³-hybridized carbons (Fsp3) is 0.200. The van der Waals surface area contributed by atoms with Crippen LogP contribution in [0.2, 0.25) is 0 Å². The van der Waals surface area contributed by atoms with Crippen LogP contribution in [0.3, 0.4) is 0 Å². The van der Waals surface area contributed by atoms with Crippen LogP contribution in [0.15, 0.2) is 42.5 Å². The number of carbonyl (C=O) groups is 2. The van der Waals surface area contributed by atoms with Gasteiger partial charge in [-0.15, -0.1) is 0 Å². The Morgan fingerprint density at radius 3 is 2.27 bits per heavy atom. The number of anilines is 1. The molecule has 6 nitrogen and oxygen atoms in total. The van der Waals surface area contributed by atoms with Crippen LogP contribution in [-0.2, 0) is 4.79 Å². The third-order valence-corrected chi connectivity index (χ3v) is 3.86. The maximum absolute atomic E-state index is 12.2. The molecule has 0 fully saturated rings. The molecule has 0 aliphatic heterocycles. The normalized spacial score (nSPS) is 10.5. The van der Waals surface area contributed by atoms with Crippen LogP contribution in [0.5, 0.6) is 11.5 Å². The Kier molecular flexibility index (Phi) is 6.38. The summed E-state index contributed by atoms with van der Waals surface area (Å²) in [7, 11) is 4.70. The Labute approximate surface area is 152 Å². The highest BCUT2D eigenvalue weighted by molar-refractivity contribution is 6.04. The van der Waals surface area contributed by atoms with Gasteiger partial charge >= 0.3 is 0 Å². The van der Waals surface area contributed by atoms with Crippen molar-refractivity contribution >= 4 is 23.6 Å². The highest BCUT2D eigenvalue weighted by Gasteiger charge is 2.11. The minimum atomic E-state index is -0.302. The number of benzene rings is 2. The van der Waals surface area contributed by atoms with Gasteiger partial charge in [0.1, 0.15) is 11.5 Å². The minimum Gasteiger partial charge on any atom is -0.497 e. The summed E-state index contributed by atoms with van der Waals surface area (Å²) in [4.78, 5) is 24.1. The lowest BCUT2D eigenvalue weighted by atomic mass is 10.1. The van der Waals surface area contributed by atoms with Crippen LogP contribution in [0.4, 0.5) is 5.69 Å². The van der Waals surface area contributed by atoms with Crippen LogP contribution in [0.25, 0.3) is 6.08 Å². The summed E-state index contributed by atoms with van der Waals surface area (Å²) in [5.41, 5.74) is 2.58. The van der Waals surface area contributed by atoms with E-state index in [0.29, 0.717) is 28.3 Å². The van der Waals surface area contributed by atoms with Crippen molar-refractivity contribution in [1.82, 2.24) is 5.32 Å². The molecular weight excluding hydrogens is 332 g/mol. The summed E-state index contributed by atoms with van der Waals surface area (Å²) in [6.45, 7) is 1.79. The van der Waals surface area contributed by atoms with Gasteiger partial charge in [-0.3, -0.25) is 9.59 Å². The molecule has 0 atom stereocenters. The number of methoxy groups -OCH3 is 2. The lowest BCUT2D eigenvalue weighted by Gasteiger charge is -2.10. The highest BCUT2D eigenvalue weighted by atomic mass is 16.5. The number of nitrogens with one attached hydrogen (secondary N) is 2. The molecule has 2 amide bonds. The summed E-state index contributed by atoms with van der Waals surface area (Å²) in [6.07, 6.45) is 3.08. The Hall–Kier alpha value is -3.28. The first-order valence-corrected chi connectivity index (χ1v) is 8.02.